The fourth-order valence-electron chi connectivity index (χ4n) is 3.94. The second-order valence-corrected chi connectivity index (χ2v) is 7.99. The molecule has 2 unspecified atom stereocenters. The Kier molecular flexibility index (Phi) is 7.75. The van der Waals surface area contributed by atoms with Crippen molar-refractivity contribution < 1.29 is 29.0 Å². The SMILES string of the molecule is C=C(N)NCCCC1C(=O)N(C(=O)N2CCN(C(=O)OCc3ccccc3)CC2)C1C(=O)O. The van der Waals surface area contributed by atoms with Crippen molar-refractivity contribution in [2.75, 3.05) is 32.7 Å². The first-order chi connectivity index (χ1) is 15.8. The number of nitrogens with one attached hydrogen (secondary N) is 1. The molecule has 0 aliphatic carbocycles. The van der Waals surface area contributed by atoms with E-state index in [1.54, 1.807) is 0 Å². The highest BCUT2D eigenvalue weighted by atomic mass is 16.6. The molecule has 4 amide bonds. The van der Waals surface area contributed by atoms with Gasteiger partial charge in [-0.05, 0) is 18.4 Å². The number of nitrogens with zero attached hydrogens (tertiary/aromatic N) is 3. The highest BCUT2D eigenvalue weighted by Crippen LogP contribution is 2.32. The van der Waals surface area contributed by atoms with Gasteiger partial charge in [0, 0.05) is 32.7 Å². The minimum Gasteiger partial charge on any atom is -0.480 e. The van der Waals surface area contributed by atoms with Crippen LogP contribution in [0.25, 0.3) is 0 Å². The third-order valence-corrected chi connectivity index (χ3v) is 5.73. The molecular formula is C22H29N5O6. The molecule has 178 valence electrons. The molecule has 2 fully saturated rings. The number of amides is 4. The number of benzene rings is 1. The Morgan fingerprint density at radius 2 is 1.76 bits per heavy atom. The van der Waals surface area contributed by atoms with Crippen LogP contribution in [0.15, 0.2) is 42.7 Å². The molecule has 2 heterocycles. The standard InChI is InChI=1S/C22H29N5O6/c1-15(23)24-9-5-8-17-18(20(29)30)27(19(17)28)21(31)25-10-12-26(13-11-25)22(32)33-14-16-6-3-2-4-7-16/h2-4,6-7,17-18,24H,1,5,8-14,23H2,(H,29,30). The Bertz CT molecular complexity index is 900. The minimum absolute atomic E-state index is 0.150. The lowest BCUT2D eigenvalue weighted by molar-refractivity contribution is -0.167. The number of rotatable bonds is 8. The lowest BCUT2D eigenvalue weighted by Gasteiger charge is -2.46. The molecule has 1 aromatic rings. The van der Waals surface area contributed by atoms with Crippen LogP contribution in [0, 0.1) is 5.92 Å². The lowest BCUT2D eigenvalue weighted by atomic mass is 9.83. The largest absolute Gasteiger partial charge is 0.480 e. The molecule has 4 N–H and O–H groups in total. The third kappa shape index (κ3) is 5.73. The number of imide groups is 1. The van der Waals surface area contributed by atoms with Crippen LogP contribution in [0.5, 0.6) is 0 Å². The van der Waals surface area contributed by atoms with E-state index in [9.17, 15) is 24.3 Å². The summed E-state index contributed by atoms with van der Waals surface area (Å²) in [5.41, 5.74) is 6.29. The van der Waals surface area contributed by atoms with E-state index in [2.05, 4.69) is 11.9 Å². The van der Waals surface area contributed by atoms with Gasteiger partial charge in [0.05, 0.1) is 11.7 Å². The van der Waals surface area contributed by atoms with E-state index in [4.69, 9.17) is 10.5 Å². The molecule has 2 aliphatic rings. The van der Waals surface area contributed by atoms with Crippen LogP contribution in [-0.2, 0) is 20.9 Å². The van der Waals surface area contributed by atoms with Gasteiger partial charge in [-0.2, -0.15) is 0 Å². The second kappa shape index (κ2) is 10.7. The van der Waals surface area contributed by atoms with Crippen molar-refractivity contribution in [3.63, 3.8) is 0 Å². The predicted molar refractivity (Wildman–Crippen MR) is 117 cm³/mol. The van der Waals surface area contributed by atoms with Gasteiger partial charge in [-0.1, -0.05) is 36.9 Å². The van der Waals surface area contributed by atoms with E-state index in [0.717, 1.165) is 10.5 Å². The smallest absolute Gasteiger partial charge is 0.410 e. The van der Waals surface area contributed by atoms with Gasteiger partial charge in [0.2, 0.25) is 5.91 Å². The number of hydrogen-bond donors (Lipinski definition) is 3. The van der Waals surface area contributed by atoms with E-state index in [0.29, 0.717) is 25.2 Å². The number of aliphatic carboxylic acids is 1. The number of nitrogens with two attached hydrogens (primary N) is 1. The average Bonchev–Trinajstić information content (AvgIpc) is 2.80. The Morgan fingerprint density at radius 3 is 2.36 bits per heavy atom. The molecule has 3 rings (SSSR count). The van der Waals surface area contributed by atoms with Crippen molar-refractivity contribution in [3.8, 4) is 0 Å². The van der Waals surface area contributed by atoms with E-state index in [1.165, 1.54) is 9.80 Å². The van der Waals surface area contributed by atoms with Gasteiger partial charge in [0.15, 0.2) is 6.04 Å². The Balaban J connectivity index is 1.48. The zero-order valence-corrected chi connectivity index (χ0v) is 18.3. The number of urea groups is 1. The van der Waals surface area contributed by atoms with Crippen LogP contribution in [0.4, 0.5) is 9.59 Å². The number of carbonyl (C=O) groups excluding carboxylic acids is 3. The van der Waals surface area contributed by atoms with Crippen LogP contribution in [-0.4, -0.2) is 82.6 Å². The monoisotopic (exact) mass is 459 g/mol. The quantitative estimate of drug-likeness (QED) is 0.382. The highest BCUT2D eigenvalue weighted by molar-refractivity contribution is 6.07. The molecular weight excluding hydrogens is 430 g/mol. The van der Waals surface area contributed by atoms with Crippen molar-refractivity contribution in [2.24, 2.45) is 11.7 Å². The molecule has 2 atom stereocenters. The number of ether oxygens (including phenoxy) is 1. The maximum atomic E-state index is 12.9. The van der Waals surface area contributed by atoms with Gasteiger partial charge in [-0.3, -0.25) is 4.79 Å². The van der Waals surface area contributed by atoms with E-state index in [-0.39, 0.29) is 32.8 Å². The molecule has 2 saturated heterocycles. The molecule has 11 nitrogen and oxygen atoms in total. The summed E-state index contributed by atoms with van der Waals surface area (Å²) in [4.78, 5) is 53.1. The summed E-state index contributed by atoms with van der Waals surface area (Å²) < 4.78 is 5.31. The normalized spacial score (nSPS) is 20.1. The van der Waals surface area contributed by atoms with Gasteiger partial charge in [0.1, 0.15) is 6.61 Å². The molecule has 0 aromatic heterocycles. The fourth-order valence-corrected chi connectivity index (χ4v) is 3.94. The van der Waals surface area contributed by atoms with Gasteiger partial charge in [0.25, 0.3) is 0 Å². The van der Waals surface area contributed by atoms with Crippen LogP contribution < -0.4 is 11.1 Å². The summed E-state index contributed by atoms with van der Waals surface area (Å²) in [5, 5.41) is 12.4. The molecule has 2 aliphatic heterocycles. The van der Waals surface area contributed by atoms with E-state index < -0.39 is 36.0 Å². The van der Waals surface area contributed by atoms with Crippen molar-refractivity contribution in [2.45, 2.75) is 25.5 Å². The summed E-state index contributed by atoms with van der Waals surface area (Å²) in [7, 11) is 0. The first kappa shape index (κ1) is 23.9. The average molecular weight is 460 g/mol. The Morgan fingerprint density at radius 1 is 1.12 bits per heavy atom. The van der Waals surface area contributed by atoms with Gasteiger partial charge < -0.3 is 30.7 Å². The maximum Gasteiger partial charge on any atom is 0.410 e. The molecule has 0 bridgehead atoms. The molecule has 0 spiro atoms. The Hall–Kier alpha value is -3.76. The van der Waals surface area contributed by atoms with Gasteiger partial charge >= 0.3 is 18.1 Å². The summed E-state index contributed by atoms with van der Waals surface area (Å²) in [5.74, 6) is -2.17. The van der Waals surface area contributed by atoms with Gasteiger partial charge in [-0.15, -0.1) is 0 Å². The summed E-state index contributed by atoms with van der Waals surface area (Å²) >= 11 is 0. The topological polar surface area (TPSA) is 146 Å². The molecule has 0 saturated carbocycles. The predicted octanol–water partition coefficient (Wildman–Crippen LogP) is 0.772. The van der Waals surface area contributed by atoms with Crippen LogP contribution >= 0.6 is 0 Å². The summed E-state index contributed by atoms with van der Waals surface area (Å²) in [6.07, 6.45) is 0.353. The molecule has 1 aromatic carbocycles. The highest BCUT2D eigenvalue weighted by Gasteiger charge is 2.55. The number of carboxylic acids is 1. The lowest BCUT2D eigenvalue weighted by Crippen LogP contribution is -2.69. The van der Waals surface area contributed by atoms with Crippen molar-refractivity contribution >= 4 is 24.0 Å². The van der Waals surface area contributed by atoms with Crippen molar-refractivity contribution in [3.05, 3.63) is 48.3 Å². The number of likely N-dealkylation sites (tertiary alicyclic amines) is 1. The van der Waals surface area contributed by atoms with E-state index in [1.807, 2.05) is 30.3 Å². The number of hydrogen-bond acceptors (Lipinski definition) is 7. The molecule has 33 heavy (non-hydrogen) atoms. The first-order valence-electron chi connectivity index (χ1n) is 10.8. The minimum atomic E-state index is -1.22. The summed E-state index contributed by atoms with van der Waals surface area (Å²) in [6, 6.07) is 7.45. The third-order valence-electron chi connectivity index (χ3n) is 5.73. The van der Waals surface area contributed by atoms with Crippen LogP contribution in [0.2, 0.25) is 0 Å². The number of piperazine rings is 1. The van der Waals surface area contributed by atoms with Crippen LogP contribution in [0.3, 0.4) is 0 Å². The van der Waals surface area contributed by atoms with E-state index >= 15 is 0 Å². The van der Waals surface area contributed by atoms with Crippen molar-refractivity contribution in [1.82, 2.24) is 20.0 Å². The summed E-state index contributed by atoms with van der Waals surface area (Å²) in [6.45, 7) is 4.95. The Labute approximate surface area is 191 Å². The maximum absolute atomic E-state index is 12.9. The van der Waals surface area contributed by atoms with Crippen molar-refractivity contribution in [1.29, 1.82) is 0 Å². The number of carbonyl (C=O) groups is 4. The zero-order chi connectivity index (χ0) is 24.0. The zero-order valence-electron chi connectivity index (χ0n) is 18.3. The molecule has 11 heteroatoms. The number of carboxylic acid groups (broad SMARTS) is 1. The van der Waals surface area contributed by atoms with Crippen LogP contribution in [0.1, 0.15) is 18.4 Å². The second-order valence-electron chi connectivity index (χ2n) is 7.99. The first-order valence-corrected chi connectivity index (χ1v) is 10.8. The van der Waals surface area contributed by atoms with Gasteiger partial charge in [-0.25, -0.2) is 19.3 Å². The fraction of sp³-hybridized carbons (Fsp3) is 0.455. The molecule has 0 radical (unpaired) electrons. The number of β-lactam (4-membered cyclic amide) rings is 1.